The quantitative estimate of drug-likeness (QED) is 0.566. The second kappa shape index (κ2) is 9.63. The molecule has 1 atom stereocenters. The predicted molar refractivity (Wildman–Crippen MR) is 120 cm³/mol. The molecule has 0 aromatic heterocycles. The summed E-state index contributed by atoms with van der Waals surface area (Å²) >= 11 is 0. The molecule has 2 heterocycles. The van der Waals surface area contributed by atoms with Crippen molar-refractivity contribution in [3.05, 3.63) is 64.5 Å². The summed E-state index contributed by atoms with van der Waals surface area (Å²) in [7, 11) is 0. The molecule has 0 radical (unpaired) electrons. The fourth-order valence-corrected chi connectivity index (χ4v) is 4.21. The molecule has 4 rings (SSSR count). The molecule has 0 aliphatic carbocycles. The molecule has 1 unspecified atom stereocenters. The Morgan fingerprint density at radius 3 is 2.61 bits per heavy atom. The number of imide groups is 1. The van der Waals surface area contributed by atoms with Crippen LogP contribution in [0.5, 0.6) is 5.75 Å². The minimum Gasteiger partial charge on any atom is -0.488 e. The second-order valence-electron chi connectivity index (χ2n) is 8.96. The number of alkyl halides is 2. The van der Waals surface area contributed by atoms with Crippen molar-refractivity contribution in [2.45, 2.75) is 57.8 Å². The molecule has 36 heavy (non-hydrogen) atoms. The summed E-state index contributed by atoms with van der Waals surface area (Å²) in [6, 6.07) is 6.40. The SMILES string of the molecule is CC(C)Oc1ccc(C(F)(F)C(=O)NCc2ccc3c(c2)CN(C2CCC(=O)NC2=O)C3=O)cc1F. The highest BCUT2D eigenvalue weighted by molar-refractivity contribution is 6.05. The highest BCUT2D eigenvalue weighted by Gasteiger charge is 2.42. The number of ether oxygens (including phenoxy) is 1. The van der Waals surface area contributed by atoms with Crippen molar-refractivity contribution in [1.82, 2.24) is 15.5 Å². The largest absolute Gasteiger partial charge is 0.488 e. The summed E-state index contributed by atoms with van der Waals surface area (Å²) in [6.45, 7) is 3.18. The third kappa shape index (κ3) is 4.91. The maximum Gasteiger partial charge on any atom is 0.349 e. The zero-order valence-corrected chi connectivity index (χ0v) is 19.6. The minimum absolute atomic E-state index is 0.114. The van der Waals surface area contributed by atoms with Gasteiger partial charge in [0.25, 0.3) is 11.8 Å². The lowest BCUT2D eigenvalue weighted by molar-refractivity contribution is -0.147. The van der Waals surface area contributed by atoms with E-state index in [-0.39, 0.29) is 43.7 Å². The summed E-state index contributed by atoms with van der Waals surface area (Å²) in [5.41, 5.74) is 0.584. The molecule has 11 heteroatoms. The number of amides is 4. The van der Waals surface area contributed by atoms with Crippen LogP contribution in [0.25, 0.3) is 0 Å². The lowest BCUT2D eigenvalue weighted by atomic mass is 10.0. The molecule has 190 valence electrons. The number of piperidine rings is 1. The van der Waals surface area contributed by atoms with Crippen LogP contribution in [0.4, 0.5) is 13.2 Å². The van der Waals surface area contributed by atoms with Crippen molar-refractivity contribution in [2.24, 2.45) is 0 Å². The number of halogens is 3. The van der Waals surface area contributed by atoms with Crippen molar-refractivity contribution >= 4 is 23.6 Å². The van der Waals surface area contributed by atoms with Crippen molar-refractivity contribution in [1.29, 1.82) is 0 Å². The van der Waals surface area contributed by atoms with E-state index in [1.54, 1.807) is 19.9 Å². The Morgan fingerprint density at radius 1 is 1.19 bits per heavy atom. The van der Waals surface area contributed by atoms with E-state index < -0.39 is 41.1 Å². The van der Waals surface area contributed by atoms with E-state index in [2.05, 4.69) is 10.6 Å². The fraction of sp³-hybridized carbons (Fsp3) is 0.360. The first kappa shape index (κ1) is 25.2. The molecule has 0 bridgehead atoms. The Labute approximate surface area is 204 Å². The van der Waals surface area contributed by atoms with E-state index in [0.717, 1.165) is 12.1 Å². The summed E-state index contributed by atoms with van der Waals surface area (Å²) in [5, 5.41) is 4.37. The molecule has 4 amide bonds. The van der Waals surface area contributed by atoms with Crippen LogP contribution < -0.4 is 15.4 Å². The number of rotatable bonds is 7. The zero-order chi connectivity index (χ0) is 26.2. The van der Waals surface area contributed by atoms with Gasteiger partial charge in [0.1, 0.15) is 6.04 Å². The molecule has 8 nitrogen and oxygen atoms in total. The minimum atomic E-state index is -3.99. The van der Waals surface area contributed by atoms with Crippen LogP contribution in [0.15, 0.2) is 36.4 Å². The molecule has 1 saturated heterocycles. The number of nitrogens with zero attached hydrogens (tertiary/aromatic N) is 1. The van der Waals surface area contributed by atoms with Crippen LogP contribution in [0, 0.1) is 5.82 Å². The van der Waals surface area contributed by atoms with Crippen LogP contribution in [-0.2, 0) is 33.4 Å². The Bertz CT molecular complexity index is 1250. The molecule has 2 aliphatic heterocycles. The van der Waals surface area contributed by atoms with Gasteiger partial charge in [0.15, 0.2) is 11.6 Å². The number of carbonyl (C=O) groups is 4. The smallest absolute Gasteiger partial charge is 0.349 e. The standard InChI is InChI=1S/C25H24F3N3O5/c1-13(2)36-20-7-4-16(10-18(20)26)25(27,28)24(35)29-11-14-3-5-17-15(9-14)12-31(23(17)34)19-6-8-21(32)30-22(19)33/h3-5,7,9-10,13,19H,6,8,11-12H2,1-2H3,(H,29,35)(H,30,32,33). The van der Waals surface area contributed by atoms with Crippen molar-refractivity contribution in [3.8, 4) is 5.75 Å². The van der Waals surface area contributed by atoms with Gasteiger partial charge in [-0.3, -0.25) is 24.5 Å². The third-order valence-corrected chi connectivity index (χ3v) is 5.98. The lowest BCUT2D eigenvalue weighted by Crippen LogP contribution is -2.52. The van der Waals surface area contributed by atoms with Crippen LogP contribution in [0.3, 0.4) is 0 Å². The lowest BCUT2D eigenvalue weighted by Gasteiger charge is -2.29. The Kier molecular flexibility index (Phi) is 6.75. The van der Waals surface area contributed by atoms with Crippen LogP contribution in [0.1, 0.15) is 53.7 Å². The van der Waals surface area contributed by atoms with Gasteiger partial charge >= 0.3 is 5.92 Å². The number of fused-ring (bicyclic) bond motifs is 1. The molecular weight excluding hydrogens is 479 g/mol. The maximum atomic E-state index is 14.7. The summed E-state index contributed by atoms with van der Waals surface area (Å²) < 4.78 is 48.7. The van der Waals surface area contributed by atoms with E-state index in [9.17, 15) is 32.3 Å². The third-order valence-electron chi connectivity index (χ3n) is 5.98. The number of carbonyl (C=O) groups excluding carboxylic acids is 4. The van der Waals surface area contributed by atoms with E-state index in [1.165, 1.54) is 17.0 Å². The average molecular weight is 503 g/mol. The van der Waals surface area contributed by atoms with Gasteiger partial charge < -0.3 is 15.0 Å². The normalized spacial score (nSPS) is 17.8. The maximum absolute atomic E-state index is 14.7. The number of hydrogen-bond donors (Lipinski definition) is 2. The van der Waals surface area contributed by atoms with Gasteiger partial charge in [-0.2, -0.15) is 8.78 Å². The average Bonchev–Trinajstić information content (AvgIpc) is 3.13. The monoisotopic (exact) mass is 503 g/mol. The summed E-state index contributed by atoms with van der Waals surface area (Å²) in [4.78, 5) is 49.9. The Morgan fingerprint density at radius 2 is 1.94 bits per heavy atom. The van der Waals surface area contributed by atoms with Gasteiger partial charge in [0.2, 0.25) is 11.8 Å². The fourth-order valence-electron chi connectivity index (χ4n) is 4.21. The molecule has 2 aromatic rings. The highest BCUT2D eigenvalue weighted by atomic mass is 19.3. The summed E-state index contributed by atoms with van der Waals surface area (Å²) in [6.07, 6.45) is -0.0136. The molecule has 2 N–H and O–H groups in total. The van der Waals surface area contributed by atoms with Gasteiger partial charge in [0, 0.05) is 30.6 Å². The van der Waals surface area contributed by atoms with Crippen molar-refractivity contribution in [3.63, 3.8) is 0 Å². The molecule has 1 fully saturated rings. The molecule has 0 spiro atoms. The van der Waals surface area contributed by atoms with Crippen molar-refractivity contribution < 1.29 is 37.1 Å². The van der Waals surface area contributed by atoms with Crippen molar-refractivity contribution in [2.75, 3.05) is 0 Å². The first-order valence-electron chi connectivity index (χ1n) is 11.4. The zero-order valence-electron chi connectivity index (χ0n) is 19.6. The second-order valence-corrected chi connectivity index (χ2v) is 8.96. The molecule has 2 aromatic carbocycles. The predicted octanol–water partition coefficient (Wildman–Crippen LogP) is 2.78. The van der Waals surface area contributed by atoms with E-state index in [0.29, 0.717) is 22.8 Å². The van der Waals surface area contributed by atoms with Gasteiger partial charge in [-0.05, 0) is 55.7 Å². The Hall–Kier alpha value is -3.89. The first-order chi connectivity index (χ1) is 17.0. The Balaban J connectivity index is 1.42. The molecule has 0 saturated carbocycles. The highest BCUT2D eigenvalue weighted by Crippen LogP contribution is 2.32. The van der Waals surface area contributed by atoms with Gasteiger partial charge in [-0.1, -0.05) is 12.1 Å². The number of benzene rings is 2. The van der Waals surface area contributed by atoms with E-state index in [4.69, 9.17) is 4.74 Å². The van der Waals surface area contributed by atoms with Gasteiger partial charge in [0.05, 0.1) is 6.10 Å². The van der Waals surface area contributed by atoms with Crippen LogP contribution in [0.2, 0.25) is 0 Å². The van der Waals surface area contributed by atoms with Gasteiger partial charge in [-0.15, -0.1) is 0 Å². The van der Waals surface area contributed by atoms with Crippen LogP contribution >= 0.6 is 0 Å². The molecular formula is C25H24F3N3O5. The first-order valence-corrected chi connectivity index (χ1v) is 11.4. The number of nitrogens with one attached hydrogen (secondary N) is 2. The number of hydrogen-bond acceptors (Lipinski definition) is 5. The molecule has 2 aliphatic rings. The van der Waals surface area contributed by atoms with E-state index in [1.807, 2.05) is 0 Å². The topological polar surface area (TPSA) is 105 Å². The van der Waals surface area contributed by atoms with E-state index >= 15 is 0 Å². The van der Waals surface area contributed by atoms with Crippen LogP contribution in [-0.4, -0.2) is 40.7 Å². The van der Waals surface area contributed by atoms with Gasteiger partial charge in [-0.25, -0.2) is 4.39 Å². The summed E-state index contributed by atoms with van der Waals surface area (Å²) in [5.74, 6) is -8.09.